The monoisotopic (exact) mass is 518 g/mol. The average molecular weight is 519 g/mol. The molecule has 0 amide bonds. The van der Waals surface area contributed by atoms with Gasteiger partial charge in [-0.1, -0.05) is 32.0 Å². The number of benzene rings is 2. The highest BCUT2D eigenvalue weighted by Crippen LogP contribution is 2.29. The molecule has 0 spiro atoms. The number of piperidine rings is 1. The van der Waals surface area contributed by atoms with Crippen LogP contribution in [-0.4, -0.2) is 51.9 Å². The summed E-state index contributed by atoms with van der Waals surface area (Å²) in [5.74, 6) is 2.10. The first-order chi connectivity index (χ1) is 18.4. The molecule has 1 atom stereocenters. The molecule has 0 radical (unpaired) electrons. The molecule has 0 N–H and O–H groups in total. The number of oxazole rings is 1. The van der Waals surface area contributed by atoms with E-state index in [0.29, 0.717) is 12.5 Å². The molecule has 5 rings (SSSR count). The summed E-state index contributed by atoms with van der Waals surface area (Å²) >= 11 is 0. The first-order valence-electron chi connectivity index (χ1n) is 13.5. The van der Waals surface area contributed by atoms with E-state index in [0.717, 1.165) is 72.7 Å². The Balaban J connectivity index is 1.24. The number of rotatable bonds is 10. The Morgan fingerprint density at radius 3 is 2.55 bits per heavy atom. The maximum Gasteiger partial charge on any atom is 0.329 e. The molecule has 0 bridgehead atoms. The molecule has 8 heteroatoms. The zero-order valence-corrected chi connectivity index (χ0v) is 22.8. The molecule has 0 saturated carbocycles. The minimum atomic E-state index is 0.0228. The third-order valence-corrected chi connectivity index (χ3v) is 7.74. The van der Waals surface area contributed by atoms with Gasteiger partial charge in [-0.25, -0.2) is 9.78 Å². The van der Waals surface area contributed by atoms with Crippen LogP contribution in [0.3, 0.4) is 0 Å². The first-order valence-corrected chi connectivity index (χ1v) is 13.5. The molecular formula is C30H38N4O4. The number of ether oxygens (including phenoxy) is 2. The second-order valence-corrected chi connectivity index (χ2v) is 10.6. The Labute approximate surface area is 223 Å². The van der Waals surface area contributed by atoms with Crippen molar-refractivity contribution in [3.05, 3.63) is 76.9 Å². The molecule has 2 aromatic carbocycles. The molecule has 1 saturated heterocycles. The lowest BCUT2D eigenvalue weighted by molar-refractivity contribution is 0.109. The van der Waals surface area contributed by atoms with Gasteiger partial charge in [-0.15, -0.1) is 0 Å². The van der Waals surface area contributed by atoms with E-state index in [-0.39, 0.29) is 17.8 Å². The molecule has 3 heterocycles. The van der Waals surface area contributed by atoms with Crippen molar-refractivity contribution >= 4 is 11.0 Å². The topological polar surface area (TPSA) is 74.7 Å². The summed E-state index contributed by atoms with van der Waals surface area (Å²) < 4.78 is 20.8. The maximum atomic E-state index is 13.6. The highest BCUT2D eigenvalue weighted by molar-refractivity contribution is 5.76. The normalized spacial score (nSPS) is 15.8. The van der Waals surface area contributed by atoms with Crippen LogP contribution in [0.1, 0.15) is 50.4 Å². The molecule has 38 heavy (non-hydrogen) atoms. The average Bonchev–Trinajstić information content (AvgIpc) is 3.54. The van der Waals surface area contributed by atoms with Crippen molar-refractivity contribution < 1.29 is 13.9 Å². The predicted octanol–water partition coefficient (Wildman–Crippen LogP) is 5.29. The van der Waals surface area contributed by atoms with Gasteiger partial charge in [-0.2, -0.15) is 0 Å². The molecular weight excluding hydrogens is 480 g/mol. The Hall–Kier alpha value is -3.52. The van der Waals surface area contributed by atoms with Gasteiger partial charge in [0.1, 0.15) is 23.9 Å². The van der Waals surface area contributed by atoms with Crippen molar-refractivity contribution in [3.63, 3.8) is 0 Å². The molecule has 1 unspecified atom stereocenters. The van der Waals surface area contributed by atoms with Crippen LogP contribution in [0.2, 0.25) is 0 Å². The van der Waals surface area contributed by atoms with Gasteiger partial charge >= 0.3 is 5.69 Å². The summed E-state index contributed by atoms with van der Waals surface area (Å²) in [6, 6.07) is 14.2. The summed E-state index contributed by atoms with van der Waals surface area (Å²) in [7, 11) is 1.68. The molecule has 1 aliphatic rings. The summed E-state index contributed by atoms with van der Waals surface area (Å²) in [6.07, 6.45) is 5.97. The Bertz CT molecular complexity index is 1400. The van der Waals surface area contributed by atoms with Crippen LogP contribution in [0.25, 0.3) is 11.0 Å². The van der Waals surface area contributed by atoms with Gasteiger partial charge in [-0.3, -0.25) is 9.13 Å². The van der Waals surface area contributed by atoms with Gasteiger partial charge in [0, 0.05) is 31.7 Å². The predicted molar refractivity (Wildman–Crippen MR) is 148 cm³/mol. The van der Waals surface area contributed by atoms with Crippen LogP contribution in [0, 0.1) is 12.8 Å². The highest BCUT2D eigenvalue weighted by Gasteiger charge is 2.26. The number of aromatic nitrogens is 3. The van der Waals surface area contributed by atoms with Crippen molar-refractivity contribution in [1.29, 1.82) is 0 Å². The second kappa shape index (κ2) is 11.5. The van der Waals surface area contributed by atoms with E-state index in [2.05, 4.69) is 30.7 Å². The van der Waals surface area contributed by atoms with Crippen LogP contribution in [0.5, 0.6) is 11.5 Å². The third-order valence-electron chi connectivity index (χ3n) is 7.74. The second-order valence-electron chi connectivity index (χ2n) is 10.6. The van der Waals surface area contributed by atoms with Crippen molar-refractivity contribution in [2.45, 2.75) is 58.7 Å². The van der Waals surface area contributed by atoms with Gasteiger partial charge in [0.05, 0.1) is 30.4 Å². The minimum absolute atomic E-state index is 0.0228. The van der Waals surface area contributed by atoms with Crippen LogP contribution in [0.15, 0.2) is 64.3 Å². The molecule has 4 aromatic rings. The van der Waals surface area contributed by atoms with Crippen LogP contribution >= 0.6 is 0 Å². The summed E-state index contributed by atoms with van der Waals surface area (Å²) in [4.78, 5) is 20.3. The van der Waals surface area contributed by atoms with Crippen LogP contribution < -0.4 is 15.2 Å². The molecule has 1 fully saturated rings. The fraction of sp³-hybridized carbons (Fsp3) is 0.467. The van der Waals surface area contributed by atoms with Crippen molar-refractivity contribution in [3.8, 4) is 11.5 Å². The van der Waals surface area contributed by atoms with Crippen molar-refractivity contribution in [2.75, 3.05) is 26.7 Å². The van der Waals surface area contributed by atoms with E-state index in [9.17, 15) is 4.79 Å². The van der Waals surface area contributed by atoms with Crippen molar-refractivity contribution in [1.82, 2.24) is 19.0 Å². The number of hydrogen-bond donors (Lipinski definition) is 0. The van der Waals surface area contributed by atoms with Gasteiger partial charge in [0.15, 0.2) is 6.39 Å². The highest BCUT2D eigenvalue weighted by atomic mass is 16.5. The van der Waals surface area contributed by atoms with E-state index < -0.39 is 0 Å². The lowest BCUT2D eigenvalue weighted by atomic mass is 10.0. The number of nitrogens with zero attached hydrogens (tertiary/aromatic N) is 4. The smallest absolute Gasteiger partial charge is 0.329 e. The number of fused-ring (bicyclic) bond motifs is 1. The van der Waals surface area contributed by atoms with E-state index in [4.69, 9.17) is 13.9 Å². The van der Waals surface area contributed by atoms with E-state index in [1.165, 1.54) is 6.39 Å². The number of imidazole rings is 1. The SMILES string of the molecule is COc1ccc(C)c(OC(CCN2CCC(n3c(=O)n(Cc4cocn4)c4ccccc43)CC2)C(C)C)c1. The standard InChI is InChI=1S/C30H38N4O4/c1-21(2)28(38-29-17-25(36-4)10-9-22(29)3)13-16-32-14-11-24(12-15-32)34-27-8-6-5-7-26(27)33(30(34)35)18-23-19-37-20-31-23/h5-10,17,19-21,24,28H,11-16,18H2,1-4H3. The minimum Gasteiger partial charge on any atom is -0.497 e. The molecule has 8 nitrogen and oxygen atoms in total. The lowest BCUT2D eigenvalue weighted by Crippen LogP contribution is -2.40. The van der Waals surface area contributed by atoms with Crippen molar-refractivity contribution in [2.24, 2.45) is 5.92 Å². The number of methoxy groups -OCH3 is 1. The quantitative estimate of drug-likeness (QED) is 0.284. The fourth-order valence-corrected chi connectivity index (χ4v) is 5.45. The van der Waals surface area contributed by atoms with Crippen LogP contribution in [-0.2, 0) is 6.54 Å². The Morgan fingerprint density at radius 2 is 1.87 bits per heavy atom. The van der Waals surface area contributed by atoms with Gasteiger partial charge in [0.2, 0.25) is 0 Å². The number of likely N-dealkylation sites (tertiary alicyclic amines) is 1. The molecule has 202 valence electrons. The third kappa shape index (κ3) is 5.50. The van der Waals surface area contributed by atoms with Crippen LogP contribution in [0.4, 0.5) is 0 Å². The molecule has 1 aliphatic heterocycles. The zero-order chi connectivity index (χ0) is 26.6. The fourth-order valence-electron chi connectivity index (χ4n) is 5.45. The van der Waals surface area contributed by atoms with E-state index in [1.54, 1.807) is 13.4 Å². The molecule has 2 aromatic heterocycles. The first kappa shape index (κ1) is 26.1. The van der Waals surface area contributed by atoms with E-state index >= 15 is 0 Å². The summed E-state index contributed by atoms with van der Waals surface area (Å²) in [6.45, 7) is 9.81. The Kier molecular flexibility index (Phi) is 7.88. The number of aryl methyl sites for hydroxylation is 1. The lowest BCUT2D eigenvalue weighted by Gasteiger charge is -2.34. The number of para-hydroxylation sites is 2. The summed E-state index contributed by atoms with van der Waals surface area (Å²) in [5, 5.41) is 0. The van der Waals surface area contributed by atoms with Gasteiger partial charge in [0.25, 0.3) is 0 Å². The Morgan fingerprint density at radius 1 is 1.11 bits per heavy atom. The largest absolute Gasteiger partial charge is 0.497 e. The zero-order valence-electron chi connectivity index (χ0n) is 22.8. The van der Waals surface area contributed by atoms with Gasteiger partial charge in [-0.05, 0) is 55.9 Å². The maximum absolute atomic E-state index is 13.6. The number of hydrogen-bond acceptors (Lipinski definition) is 6. The van der Waals surface area contributed by atoms with E-state index in [1.807, 2.05) is 51.6 Å². The van der Waals surface area contributed by atoms with Gasteiger partial charge < -0.3 is 18.8 Å². The molecule has 0 aliphatic carbocycles. The summed E-state index contributed by atoms with van der Waals surface area (Å²) in [5.41, 5.74) is 3.81.